The lowest BCUT2D eigenvalue weighted by Gasteiger charge is -2.36. The summed E-state index contributed by atoms with van der Waals surface area (Å²) in [5.41, 5.74) is 4.00. The lowest BCUT2D eigenvalue weighted by atomic mass is 10.1. The number of rotatable bonds is 12. The SMILES string of the molecule is CC(C)(C)[Si](C)(C)Oc1ccc2c(c1)c(-c1cncc(CCOCCOCCO)c1)nn2C1CCCCO1. The van der Waals surface area contributed by atoms with Crippen LogP contribution < -0.4 is 4.43 Å². The minimum atomic E-state index is -1.99. The Bertz CT molecular complexity index is 1180. The van der Waals surface area contributed by atoms with E-state index >= 15 is 0 Å². The van der Waals surface area contributed by atoms with E-state index in [1.807, 2.05) is 17.1 Å². The van der Waals surface area contributed by atoms with Crippen molar-refractivity contribution in [1.29, 1.82) is 0 Å². The van der Waals surface area contributed by atoms with Crippen LogP contribution in [0.5, 0.6) is 5.75 Å². The number of aromatic nitrogens is 3. The quantitative estimate of drug-likeness (QED) is 0.231. The third-order valence-corrected chi connectivity index (χ3v) is 11.9. The molecule has 0 spiro atoms. The van der Waals surface area contributed by atoms with Crippen molar-refractivity contribution in [3.05, 3.63) is 42.2 Å². The topological polar surface area (TPSA) is 87.9 Å². The van der Waals surface area contributed by atoms with E-state index in [0.717, 1.165) is 65.8 Å². The third-order valence-electron chi connectivity index (χ3n) is 7.50. The first kappa shape index (κ1) is 28.7. The highest BCUT2D eigenvalue weighted by molar-refractivity contribution is 6.74. The van der Waals surface area contributed by atoms with Gasteiger partial charge in [-0.15, -0.1) is 0 Å². The predicted octanol–water partition coefficient (Wildman–Crippen LogP) is 5.75. The Labute approximate surface area is 227 Å². The summed E-state index contributed by atoms with van der Waals surface area (Å²) in [5, 5.41) is 15.0. The fraction of sp³-hybridized carbons (Fsp3) is 0.586. The zero-order valence-electron chi connectivity index (χ0n) is 23.5. The molecule has 2 aromatic heterocycles. The van der Waals surface area contributed by atoms with E-state index in [4.69, 9.17) is 28.8 Å². The van der Waals surface area contributed by atoms with Crippen LogP contribution >= 0.6 is 0 Å². The first-order valence-electron chi connectivity index (χ1n) is 13.7. The molecule has 1 N–H and O–H groups in total. The van der Waals surface area contributed by atoms with Crippen molar-refractivity contribution < 1.29 is 23.7 Å². The second kappa shape index (κ2) is 12.7. The zero-order valence-corrected chi connectivity index (χ0v) is 24.5. The average molecular weight is 542 g/mol. The number of nitrogens with zero attached hydrogens (tertiary/aromatic N) is 3. The maximum absolute atomic E-state index is 8.78. The minimum Gasteiger partial charge on any atom is -0.543 e. The first-order chi connectivity index (χ1) is 18.2. The molecule has 3 aromatic rings. The van der Waals surface area contributed by atoms with Crippen LogP contribution in [0.25, 0.3) is 22.2 Å². The second-order valence-electron chi connectivity index (χ2n) is 11.4. The largest absolute Gasteiger partial charge is 0.543 e. The molecular weight excluding hydrogens is 498 g/mol. The molecule has 9 heteroatoms. The van der Waals surface area contributed by atoms with Crippen LogP contribution in [0.4, 0.5) is 0 Å². The molecule has 1 unspecified atom stereocenters. The number of ether oxygens (including phenoxy) is 3. The number of benzene rings is 1. The van der Waals surface area contributed by atoms with Gasteiger partial charge in [0.25, 0.3) is 0 Å². The summed E-state index contributed by atoms with van der Waals surface area (Å²) in [6, 6.07) is 8.48. The van der Waals surface area contributed by atoms with E-state index in [2.05, 4.69) is 63.1 Å². The molecule has 1 aliphatic rings. The van der Waals surface area contributed by atoms with Gasteiger partial charge >= 0.3 is 0 Å². The summed E-state index contributed by atoms with van der Waals surface area (Å²) in [5.74, 6) is 0.885. The van der Waals surface area contributed by atoms with Crippen molar-refractivity contribution in [2.75, 3.05) is 39.6 Å². The lowest BCUT2D eigenvalue weighted by Crippen LogP contribution is -2.43. The van der Waals surface area contributed by atoms with Crippen molar-refractivity contribution in [3.63, 3.8) is 0 Å². The molecule has 0 radical (unpaired) electrons. The van der Waals surface area contributed by atoms with Gasteiger partial charge in [-0.25, -0.2) is 4.68 Å². The van der Waals surface area contributed by atoms with Crippen LogP contribution in [0.3, 0.4) is 0 Å². The third kappa shape index (κ3) is 7.01. The maximum atomic E-state index is 8.78. The molecule has 1 aromatic carbocycles. The van der Waals surface area contributed by atoms with Crippen LogP contribution in [0.15, 0.2) is 36.7 Å². The smallest absolute Gasteiger partial charge is 0.250 e. The van der Waals surface area contributed by atoms with E-state index in [9.17, 15) is 0 Å². The number of pyridine rings is 1. The molecule has 4 rings (SSSR count). The molecule has 8 nitrogen and oxygen atoms in total. The molecule has 1 atom stereocenters. The summed E-state index contributed by atoms with van der Waals surface area (Å²) < 4.78 is 25.8. The Morgan fingerprint density at radius 1 is 1.05 bits per heavy atom. The normalized spacial score (nSPS) is 16.7. The van der Waals surface area contributed by atoms with Crippen LogP contribution in [-0.2, 0) is 20.6 Å². The molecule has 1 aliphatic heterocycles. The van der Waals surface area contributed by atoms with Gasteiger partial charge in [0.15, 0.2) is 6.23 Å². The summed E-state index contributed by atoms with van der Waals surface area (Å²) in [6.45, 7) is 14.0. The minimum absolute atomic E-state index is 0.0275. The van der Waals surface area contributed by atoms with Gasteiger partial charge in [-0.3, -0.25) is 4.98 Å². The monoisotopic (exact) mass is 541 g/mol. The van der Waals surface area contributed by atoms with E-state index in [0.29, 0.717) is 26.4 Å². The van der Waals surface area contributed by atoms with Crippen LogP contribution in [0.1, 0.15) is 51.8 Å². The molecule has 0 amide bonds. The van der Waals surface area contributed by atoms with Gasteiger partial charge < -0.3 is 23.7 Å². The first-order valence-corrected chi connectivity index (χ1v) is 16.6. The molecule has 1 fully saturated rings. The molecule has 1 saturated heterocycles. The Morgan fingerprint density at radius 2 is 1.84 bits per heavy atom. The van der Waals surface area contributed by atoms with Gasteiger partial charge in [0.05, 0.1) is 38.6 Å². The summed E-state index contributed by atoms with van der Waals surface area (Å²) in [6.07, 6.45) is 7.61. The van der Waals surface area contributed by atoms with Gasteiger partial charge in [-0.1, -0.05) is 20.8 Å². The van der Waals surface area contributed by atoms with Gasteiger partial charge in [0, 0.05) is 30.0 Å². The summed E-state index contributed by atoms with van der Waals surface area (Å²) >= 11 is 0. The van der Waals surface area contributed by atoms with Gasteiger partial charge in [-0.05, 0) is 73.6 Å². The Kier molecular flexibility index (Phi) is 9.59. The number of aliphatic hydroxyl groups excluding tert-OH is 1. The summed E-state index contributed by atoms with van der Waals surface area (Å²) in [4.78, 5) is 4.53. The van der Waals surface area contributed by atoms with Crippen LogP contribution in [0.2, 0.25) is 18.1 Å². The van der Waals surface area contributed by atoms with E-state index in [1.165, 1.54) is 0 Å². The van der Waals surface area contributed by atoms with Crippen LogP contribution in [-0.4, -0.2) is 67.8 Å². The van der Waals surface area contributed by atoms with Crippen molar-refractivity contribution in [2.24, 2.45) is 0 Å². The molecule has 38 heavy (non-hydrogen) atoms. The number of hydrogen-bond donors (Lipinski definition) is 1. The van der Waals surface area contributed by atoms with E-state index < -0.39 is 8.32 Å². The average Bonchev–Trinajstić information content (AvgIpc) is 3.27. The van der Waals surface area contributed by atoms with Crippen LogP contribution in [0, 0.1) is 0 Å². The highest BCUT2D eigenvalue weighted by Gasteiger charge is 2.39. The number of hydrogen-bond acceptors (Lipinski definition) is 7. The standard InChI is InChI=1S/C29H43N3O5Si/c1-29(2,3)38(4,5)37-24-9-10-26-25(19-24)28(31-32(26)27-8-6-7-13-36-27)23-18-22(20-30-21-23)11-14-34-16-17-35-15-12-33/h9-10,18-21,27,33H,6-8,11-17H2,1-5H3. The molecule has 3 heterocycles. The molecule has 0 aliphatic carbocycles. The fourth-order valence-corrected chi connectivity index (χ4v) is 5.33. The zero-order chi connectivity index (χ0) is 27.2. The van der Waals surface area contributed by atoms with Crippen molar-refractivity contribution >= 4 is 19.2 Å². The molecule has 0 bridgehead atoms. The van der Waals surface area contributed by atoms with Crippen molar-refractivity contribution in [2.45, 2.75) is 70.8 Å². The lowest BCUT2D eigenvalue weighted by molar-refractivity contribution is -0.0365. The highest BCUT2D eigenvalue weighted by Crippen LogP contribution is 2.39. The Morgan fingerprint density at radius 3 is 2.55 bits per heavy atom. The predicted molar refractivity (Wildman–Crippen MR) is 152 cm³/mol. The van der Waals surface area contributed by atoms with Gasteiger partial charge in [-0.2, -0.15) is 5.10 Å². The Balaban J connectivity index is 1.61. The van der Waals surface area contributed by atoms with Crippen molar-refractivity contribution in [3.8, 4) is 17.0 Å². The molecule has 208 valence electrons. The molecular formula is C29H43N3O5Si. The summed E-state index contributed by atoms with van der Waals surface area (Å²) in [7, 11) is -1.99. The molecule has 0 saturated carbocycles. The fourth-order valence-electron chi connectivity index (χ4n) is 4.31. The number of fused-ring (bicyclic) bond motifs is 1. The van der Waals surface area contributed by atoms with E-state index in [-0.39, 0.29) is 17.9 Å². The van der Waals surface area contributed by atoms with Gasteiger partial charge in [0.1, 0.15) is 11.4 Å². The Hall–Kier alpha value is -2.30. The van der Waals surface area contributed by atoms with Crippen molar-refractivity contribution in [1.82, 2.24) is 14.8 Å². The number of aliphatic hydroxyl groups is 1. The highest BCUT2D eigenvalue weighted by atomic mass is 28.4. The second-order valence-corrected chi connectivity index (χ2v) is 16.2. The van der Waals surface area contributed by atoms with E-state index in [1.54, 1.807) is 0 Å². The van der Waals surface area contributed by atoms with Gasteiger partial charge in [0.2, 0.25) is 8.32 Å². The maximum Gasteiger partial charge on any atom is 0.250 e.